The monoisotopic (exact) mass is 222 g/mol. The van der Waals surface area contributed by atoms with Gasteiger partial charge in [0, 0.05) is 17.3 Å². The van der Waals surface area contributed by atoms with Crippen LogP contribution >= 0.6 is 11.3 Å². The van der Waals surface area contributed by atoms with Gasteiger partial charge >= 0.3 is 0 Å². The van der Waals surface area contributed by atoms with Crippen molar-refractivity contribution in [3.63, 3.8) is 0 Å². The van der Waals surface area contributed by atoms with E-state index in [4.69, 9.17) is 0 Å². The predicted octanol–water partition coefficient (Wildman–Crippen LogP) is 2.29. The predicted molar refractivity (Wildman–Crippen MR) is 63.6 cm³/mol. The smallest absolute Gasteiger partial charge is 0.262 e. The van der Waals surface area contributed by atoms with Gasteiger partial charge in [0.2, 0.25) is 0 Å². The zero-order chi connectivity index (χ0) is 11.2. The Labute approximate surface area is 92.4 Å². The Hall–Kier alpha value is -1.16. The number of rotatable bonds is 0. The van der Waals surface area contributed by atoms with E-state index in [-0.39, 0.29) is 11.0 Å². The highest BCUT2D eigenvalue weighted by Crippen LogP contribution is 2.32. The van der Waals surface area contributed by atoms with Gasteiger partial charge in [-0.05, 0) is 5.41 Å². The van der Waals surface area contributed by atoms with E-state index in [9.17, 15) is 4.79 Å². The molecule has 0 saturated carbocycles. The summed E-state index contributed by atoms with van der Waals surface area (Å²) in [4.78, 5) is 17.4. The van der Waals surface area contributed by atoms with E-state index >= 15 is 0 Å². The Bertz CT molecular complexity index is 560. The number of hydrogen-bond donors (Lipinski definition) is 0. The van der Waals surface area contributed by atoms with Gasteiger partial charge < -0.3 is 4.57 Å². The molecule has 2 heterocycles. The molecule has 0 aliphatic rings. The first-order valence-electron chi connectivity index (χ1n) is 4.84. The molecule has 0 fully saturated rings. The van der Waals surface area contributed by atoms with Crippen LogP contribution < -0.4 is 5.56 Å². The third-order valence-corrected chi connectivity index (χ3v) is 3.75. The van der Waals surface area contributed by atoms with Crippen LogP contribution in [0, 0.1) is 0 Å². The average Bonchev–Trinajstić information content (AvgIpc) is 2.54. The van der Waals surface area contributed by atoms with Crippen LogP contribution in [0.3, 0.4) is 0 Å². The molecule has 0 atom stereocenters. The van der Waals surface area contributed by atoms with Crippen LogP contribution in [0.1, 0.15) is 25.6 Å². The first-order chi connectivity index (χ1) is 6.91. The number of fused-ring (bicyclic) bond motifs is 1. The maximum atomic E-state index is 12.0. The molecule has 0 saturated heterocycles. The van der Waals surface area contributed by atoms with E-state index in [1.54, 1.807) is 24.7 Å². The zero-order valence-corrected chi connectivity index (χ0v) is 10.2. The molecular weight excluding hydrogens is 208 g/mol. The molecule has 4 heteroatoms. The van der Waals surface area contributed by atoms with E-state index in [0.29, 0.717) is 0 Å². The molecule has 0 aromatic carbocycles. The van der Waals surface area contributed by atoms with Crippen molar-refractivity contribution < 1.29 is 0 Å². The van der Waals surface area contributed by atoms with Crippen LogP contribution in [-0.2, 0) is 12.5 Å². The first kappa shape index (κ1) is 10.4. The van der Waals surface area contributed by atoms with Crippen molar-refractivity contribution in [2.24, 2.45) is 7.05 Å². The molecular formula is C11H14N2OS. The third-order valence-electron chi connectivity index (χ3n) is 2.36. The Kier molecular flexibility index (Phi) is 2.19. The second-order valence-corrected chi connectivity index (χ2v) is 5.62. The lowest BCUT2D eigenvalue weighted by atomic mass is 9.93. The van der Waals surface area contributed by atoms with Crippen molar-refractivity contribution >= 4 is 22.2 Å². The fourth-order valence-electron chi connectivity index (χ4n) is 1.58. The molecule has 80 valence electrons. The van der Waals surface area contributed by atoms with E-state index in [0.717, 1.165) is 15.8 Å². The van der Waals surface area contributed by atoms with Crippen LogP contribution in [0.25, 0.3) is 10.9 Å². The maximum absolute atomic E-state index is 12.0. The Morgan fingerprint density at radius 1 is 1.40 bits per heavy atom. The Balaban J connectivity index is 2.90. The number of aryl methyl sites for hydroxylation is 1. The summed E-state index contributed by atoms with van der Waals surface area (Å²) in [6.07, 6.45) is 1.57. The highest BCUT2D eigenvalue weighted by atomic mass is 32.1. The molecule has 15 heavy (non-hydrogen) atoms. The van der Waals surface area contributed by atoms with E-state index < -0.39 is 0 Å². The lowest BCUT2D eigenvalue weighted by Gasteiger charge is -2.16. The van der Waals surface area contributed by atoms with E-state index in [1.165, 1.54) is 4.57 Å². The van der Waals surface area contributed by atoms with Crippen molar-refractivity contribution in [1.29, 1.82) is 0 Å². The van der Waals surface area contributed by atoms with Gasteiger partial charge in [0.1, 0.15) is 0 Å². The van der Waals surface area contributed by atoms with E-state index in [2.05, 4.69) is 25.8 Å². The molecule has 0 N–H and O–H groups in total. The molecule has 0 radical (unpaired) electrons. The summed E-state index contributed by atoms with van der Waals surface area (Å²) in [6, 6.07) is 0. The van der Waals surface area contributed by atoms with Crippen molar-refractivity contribution in [1.82, 2.24) is 9.55 Å². The quantitative estimate of drug-likeness (QED) is 0.685. The molecule has 0 unspecified atom stereocenters. The Morgan fingerprint density at radius 2 is 2.07 bits per heavy atom. The summed E-state index contributed by atoms with van der Waals surface area (Å²) in [5.41, 5.74) is 0.862. The highest BCUT2D eigenvalue weighted by Gasteiger charge is 2.21. The van der Waals surface area contributed by atoms with Gasteiger partial charge in [-0.15, -0.1) is 11.3 Å². The molecule has 2 aromatic heterocycles. The van der Waals surface area contributed by atoms with Crippen molar-refractivity contribution in [3.05, 3.63) is 26.9 Å². The third kappa shape index (κ3) is 1.59. The minimum Gasteiger partial charge on any atom is -0.302 e. The summed E-state index contributed by atoms with van der Waals surface area (Å²) in [7, 11) is 1.74. The molecule has 0 aliphatic carbocycles. The van der Waals surface area contributed by atoms with Crippen LogP contribution in [-0.4, -0.2) is 9.55 Å². The Morgan fingerprint density at radius 3 is 2.67 bits per heavy atom. The van der Waals surface area contributed by atoms with E-state index in [1.807, 2.05) is 5.38 Å². The molecule has 2 rings (SSSR count). The summed E-state index contributed by atoms with van der Waals surface area (Å²) in [5, 5.41) is 2.73. The minimum absolute atomic E-state index is 0.00160. The van der Waals surface area contributed by atoms with Gasteiger partial charge in [-0.25, -0.2) is 4.98 Å². The normalized spacial score (nSPS) is 12.3. The average molecular weight is 222 g/mol. The molecule has 3 nitrogen and oxygen atoms in total. The summed E-state index contributed by atoms with van der Waals surface area (Å²) < 4.78 is 1.53. The number of aromatic nitrogens is 2. The fourth-order valence-corrected chi connectivity index (χ4v) is 2.65. The topological polar surface area (TPSA) is 34.9 Å². The second-order valence-electron chi connectivity index (χ2n) is 4.74. The van der Waals surface area contributed by atoms with Crippen molar-refractivity contribution in [2.75, 3.05) is 0 Å². The molecule has 0 spiro atoms. The van der Waals surface area contributed by atoms with Gasteiger partial charge in [0.05, 0.1) is 17.2 Å². The molecule has 0 amide bonds. The summed E-state index contributed by atoms with van der Waals surface area (Å²) in [5.74, 6) is 0. The zero-order valence-electron chi connectivity index (χ0n) is 9.37. The minimum atomic E-state index is 0.00160. The molecule has 0 aliphatic heterocycles. The number of nitrogens with zero attached hydrogens (tertiary/aromatic N) is 2. The maximum Gasteiger partial charge on any atom is 0.262 e. The fraction of sp³-hybridized carbons (Fsp3) is 0.455. The van der Waals surface area contributed by atoms with Gasteiger partial charge in [0.25, 0.3) is 5.56 Å². The van der Waals surface area contributed by atoms with Gasteiger partial charge in [-0.2, -0.15) is 0 Å². The lowest BCUT2D eigenvalue weighted by Crippen LogP contribution is -2.20. The van der Waals surface area contributed by atoms with Gasteiger partial charge in [-0.3, -0.25) is 4.79 Å². The van der Waals surface area contributed by atoms with Crippen LogP contribution in [0.15, 0.2) is 16.5 Å². The van der Waals surface area contributed by atoms with Crippen molar-refractivity contribution in [3.8, 4) is 0 Å². The first-order valence-corrected chi connectivity index (χ1v) is 5.72. The SMILES string of the molecule is Cn1cnc2csc(C(C)(C)C)c2c1=O. The summed E-state index contributed by atoms with van der Waals surface area (Å²) in [6.45, 7) is 6.35. The van der Waals surface area contributed by atoms with Crippen molar-refractivity contribution in [2.45, 2.75) is 26.2 Å². The van der Waals surface area contributed by atoms with Gasteiger partial charge in [0.15, 0.2) is 0 Å². The highest BCUT2D eigenvalue weighted by molar-refractivity contribution is 7.11. The summed E-state index contributed by atoms with van der Waals surface area (Å²) >= 11 is 1.62. The standard InChI is InChI=1S/C11H14N2OS/c1-11(2,3)9-8-7(5-15-9)12-6-13(4)10(8)14/h5-6H,1-4H3. The molecule has 2 aromatic rings. The number of thiophene rings is 1. The van der Waals surface area contributed by atoms with Crippen LogP contribution in [0.4, 0.5) is 0 Å². The lowest BCUT2D eigenvalue weighted by molar-refractivity contribution is 0.607. The second kappa shape index (κ2) is 3.17. The van der Waals surface area contributed by atoms with Crippen LogP contribution in [0.5, 0.6) is 0 Å². The van der Waals surface area contributed by atoms with Gasteiger partial charge in [-0.1, -0.05) is 20.8 Å². The van der Waals surface area contributed by atoms with Crippen LogP contribution in [0.2, 0.25) is 0 Å². The number of hydrogen-bond acceptors (Lipinski definition) is 3. The largest absolute Gasteiger partial charge is 0.302 e. The molecule has 0 bridgehead atoms.